The first kappa shape index (κ1) is 16.0. The zero-order valence-corrected chi connectivity index (χ0v) is 13.3. The van der Waals surface area contributed by atoms with E-state index in [9.17, 15) is 9.59 Å². The fraction of sp³-hybridized carbons (Fsp3) is 0.727. The van der Waals surface area contributed by atoms with E-state index in [1.54, 1.807) is 7.05 Å². The highest BCUT2D eigenvalue weighted by Gasteiger charge is 2.51. The van der Waals surface area contributed by atoms with Crippen LogP contribution in [0.25, 0.3) is 0 Å². The van der Waals surface area contributed by atoms with E-state index in [1.807, 2.05) is 0 Å². The maximum absolute atomic E-state index is 12.2. The summed E-state index contributed by atoms with van der Waals surface area (Å²) in [4.78, 5) is 29.0. The number of guanidine groups is 1. The van der Waals surface area contributed by atoms with Crippen molar-refractivity contribution in [3.8, 4) is 0 Å². The number of nitrogens with zero attached hydrogens (tertiary/aromatic N) is 2. The number of nitrogens with two attached hydrogens (primary N) is 1. The molecule has 1 aliphatic heterocycles. The lowest BCUT2D eigenvalue weighted by Gasteiger charge is -2.20. The fourth-order valence-corrected chi connectivity index (χ4v) is 2.57. The van der Waals surface area contributed by atoms with Gasteiger partial charge in [0, 0.05) is 20.1 Å². The highest BCUT2D eigenvalue weighted by atomic mass is 127. The number of nitrogens with one attached hydrogen (secondary N) is 2. The van der Waals surface area contributed by atoms with Crippen LogP contribution < -0.4 is 16.4 Å². The van der Waals surface area contributed by atoms with Crippen molar-refractivity contribution in [1.29, 1.82) is 0 Å². The number of hydrogen-bond acceptors (Lipinski definition) is 3. The second-order valence-corrected chi connectivity index (χ2v) is 4.71. The molecule has 0 aromatic heterocycles. The largest absolute Gasteiger partial charge is 0.370 e. The number of aliphatic imine (C=N–C) groups is 1. The molecular weight excluding hydrogens is 361 g/mol. The summed E-state index contributed by atoms with van der Waals surface area (Å²) < 4.78 is 0. The van der Waals surface area contributed by atoms with Crippen LogP contribution in [0.5, 0.6) is 0 Å². The van der Waals surface area contributed by atoms with Gasteiger partial charge in [-0.1, -0.05) is 12.8 Å². The summed E-state index contributed by atoms with van der Waals surface area (Å²) in [6.07, 6.45) is 3.49. The van der Waals surface area contributed by atoms with Gasteiger partial charge in [-0.25, -0.2) is 4.79 Å². The molecule has 1 heterocycles. The lowest BCUT2D eigenvalue weighted by atomic mass is 9.98. The maximum atomic E-state index is 12.2. The molecule has 0 aromatic rings. The molecule has 2 rings (SSSR count). The smallest absolute Gasteiger partial charge is 0.325 e. The molecule has 2 aliphatic rings. The Bertz CT molecular complexity index is 393. The third-order valence-corrected chi connectivity index (χ3v) is 3.59. The van der Waals surface area contributed by atoms with Crippen molar-refractivity contribution in [2.24, 2.45) is 10.7 Å². The molecule has 7 nitrogen and oxygen atoms in total. The van der Waals surface area contributed by atoms with Crippen LogP contribution in [0.3, 0.4) is 0 Å². The van der Waals surface area contributed by atoms with Gasteiger partial charge >= 0.3 is 6.03 Å². The minimum absolute atomic E-state index is 0. The molecule has 108 valence electrons. The molecule has 3 amide bonds. The van der Waals surface area contributed by atoms with Gasteiger partial charge in [-0.3, -0.25) is 14.7 Å². The Balaban J connectivity index is 0.00000180. The predicted molar refractivity (Wildman–Crippen MR) is 82.4 cm³/mol. The van der Waals surface area contributed by atoms with E-state index in [0.29, 0.717) is 19.0 Å². The predicted octanol–water partition coefficient (Wildman–Crippen LogP) is 0.00310. The Kier molecular flexibility index (Phi) is 5.39. The Hall–Kier alpha value is -1.06. The summed E-state index contributed by atoms with van der Waals surface area (Å²) in [7, 11) is 1.57. The number of urea groups is 1. The topological polar surface area (TPSA) is 99.8 Å². The maximum Gasteiger partial charge on any atom is 0.325 e. The summed E-state index contributed by atoms with van der Waals surface area (Å²) in [6.45, 7) is 0.723. The van der Waals surface area contributed by atoms with Crippen LogP contribution in [-0.4, -0.2) is 48.5 Å². The molecule has 8 heteroatoms. The van der Waals surface area contributed by atoms with Crippen molar-refractivity contribution in [2.75, 3.05) is 20.1 Å². The van der Waals surface area contributed by atoms with Crippen LogP contribution in [0, 0.1) is 0 Å². The minimum atomic E-state index is -0.624. The van der Waals surface area contributed by atoms with Crippen LogP contribution in [0.2, 0.25) is 0 Å². The van der Waals surface area contributed by atoms with E-state index in [2.05, 4.69) is 15.6 Å². The molecule has 19 heavy (non-hydrogen) atoms. The molecule has 0 atom stereocenters. The molecular formula is C11H20IN5O2. The lowest BCUT2D eigenvalue weighted by molar-refractivity contribution is -0.131. The Morgan fingerprint density at radius 1 is 1.47 bits per heavy atom. The number of carbonyl (C=O) groups is 2. The second-order valence-electron chi connectivity index (χ2n) is 4.71. The molecule has 1 saturated heterocycles. The zero-order chi connectivity index (χ0) is 13.2. The standard InChI is InChI=1S/C11H19N5O2.HI/c1-13-9(12)14-6-7-16-8(17)11(15-10(16)18)4-2-3-5-11;/h2-7H2,1H3,(H,15,18)(H3,12,13,14);1H. The average Bonchev–Trinajstić information content (AvgIpc) is 2.90. The van der Waals surface area contributed by atoms with E-state index >= 15 is 0 Å². The van der Waals surface area contributed by atoms with Crippen LogP contribution in [-0.2, 0) is 4.79 Å². The van der Waals surface area contributed by atoms with Gasteiger partial charge < -0.3 is 16.4 Å². The van der Waals surface area contributed by atoms with E-state index in [1.165, 1.54) is 4.90 Å². The molecule has 2 fully saturated rings. The number of hydrogen-bond donors (Lipinski definition) is 3. The quantitative estimate of drug-likeness (QED) is 0.277. The highest BCUT2D eigenvalue weighted by Crippen LogP contribution is 2.34. The zero-order valence-electron chi connectivity index (χ0n) is 10.9. The average molecular weight is 381 g/mol. The second kappa shape index (κ2) is 6.40. The monoisotopic (exact) mass is 381 g/mol. The van der Waals surface area contributed by atoms with Gasteiger partial charge in [0.15, 0.2) is 5.96 Å². The Morgan fingerprint density at radius 2 is 2.11 bits per heavy atom. The van der Waals surface area contributed by atoms with Crippen LogP contribution >= 0.6 is 24.0 Å². The van der Waals surface area contributed by atoms with Gasteiger partial charge in [0.2, 0.25) is 0 Å². The normalized spacial score (nSPS) is 21.5. The summed E-state index contributed by atoms with van der Waals surface area (Å²) in [5.74, 6) is 0.205. The summed E-state index contributed by atoms with van der Waals surface area (Å²) in [6, 6.07) is -0.296. The first-order chi connectivity index (χ1) is 8.59. The number of rotatable bonds is 3. The summed E-state index contributed by atoms with van der Waals surface area (Å²) >= 11 is 0. The molecule has 1 aliphatic carbocycles. The van der Waals surface area contributed by atoms with Gasteiger partial charge in [0.1, 0.15) is 5.54 Å². The number of amides is 3. The highest BCUT2D eigenvalue weighted by molar-refractivity contribution is 14.0. The van der Waals surface area contributed by atoms with E-state index in [0.717, 1.165) is 25.7 Å². The summed E-state index contributed by atoms with van der Waals surface area (Å²) in [5, 5.41) is 5.66. The third kappa shape index (κ3) is 3.10. The van der Waals surface area contributed by atoms with E-state index in [-0.39, 0.29) is 35.9 Å². The molecule has 1 spiro atoms. The van der Waals surface area contributed by atoms with Crippen molar-refractivity contribution in [3.05, 3.63) is 0 Å². The van der Waals surface area contributed by atoms with Gasteiger partial charge in [0.25, 0.3) is 5.91 Å². The molecule has 1 saturated carbocycles. The number of carbonyl (C=O) groups excluding carboxylic acids is 2. The lowest BCUT2D eigenvalue weighted by Crippen LogP contribution is -2.45. The first-order valence-electron chi connectivity index (χ1n) is 6.19. The van der Waals surface area contributed by atoms with E-state index in [4.69, 9.17) is 5.73 Å². The minimum Gasteiger partial charge on any atom is -0.370 e. The Morgan fingerprint density at radius 3 is 2.68 bits per heavy atom. The molecule has 0 bridgehead atoms. The van der Waals surface area contributed by atoms with Gasteiger partial charge in [-0.05, 0) is 12.8 Å². The first-order valence-corrected chi connectivity index (χ1v) is 6.19. The number of halogens is 1. The Labute approximate surface area is 129 Å². The molecule has 4 N–H and O–H groups in total. The van der Waals surface area contributed by atoms with Crippen molar-refractivity contribution >= 4 is 41.9 Å². The van der Waals surface area contributed by atoms with Gasteiger partial charge in [0.05, 0.1) is 0 Å². The third-order valence-electron chi connectivity index (χ3n) is 3.59. The van der Waals surface area contributed by atoms with Crippen molar-refractivity contribution in [3.63, 3.8) is 0 Å². The summed E-state index contributed by atoms with van der Waals surface area (Å²) in [5.41, 5.74) is 4.85. The van der Waals surface area contributed by atoms with Crippen molar-refractivity contribution in [1.82, 2.24) is 15.5 Å². The van der Waals surface area contributed by atoms with E-state index < -0.39 is 5.54 Å². The van der Waals surface area contributed by atoms with Gasteiger partial charge in [-0.15, -0.1) is 24.0 Å². The van der Waals surface area contributed by atoms with Crippen LogP contribution in [0.15, 0.2) is 4.99 Å². The SMILES string of the molecule is CN=C(N)NCCN1C(=O)NC2(CCCC2)C1=O.I. The fourth-order valence-electron chi connectivity index (χ4n) is 2.57. The van der Waals surface area contributed by atoms with Crippen molar-refractivity contribution < 1.29 is 9.59 Å². The van der Waals surface area contributed by atoms with Crippen molar-refractivity contribution in [2.45, 2.75) is 31.2 Å². The molecule has 0 aromatic carbocycles. The molecule has 0 radical (unpaired) electrons. The van der Waals surface area contributed by atoms with Crippen LogP contribution in [0.1, 0.15) is 25.7 Å². The van der Waals surface area contributed by atoms with Crippen LogP contribution in [0.4, 0.5) is 4.79 Å². The van der Waals surface area contributed by atoms with Gasteiger partial charge in [-0.2, -0.15) is 0 Å². The molecule has 0 unspecified atom stereocenters. The number of imide groups is 1.